The van der Waals surface area contributed by atoms with Crippen LogP contribution < -0.4 is 5.32 Å². The fraction of sp³-hybridized carbons (Fsp3) is 0.312. The monoisotopic (exact) mass is 273 g/mol. The number of hydrogen-bond donors (Lipinski definition) is 1. The lowest BCUT2D eigenvalue weighted by molar-refractivity contribution is -0.118. The number of aryl methyl sites for hydroxylation is 1. The molecule has 0 saturated heterocycles. The average Bonchev–Trinajstić information content (AvgIpc) is 2.44. The van der Waals surface area contributed by atoms with E-state index in [1.54, 1.807) is 0 Å². The van der Waals surface area contributed by atoms with Gasteiger partial charge in [-0.15, -0.1) is 11.6 Å². The molecule has 1 amide bonds. The van der Waals surface area contributed by atoms with Crippen molar-refractivity contribution in [3.05, 3.63) is 52.2 Å². The second-order valence-corrected chi connectivity index (χ2v) is 5.34. The van der Waals surface area contributed by atoms with Gasteiger partial charge in [0.1, 0.15) is 5.88 Å². The Labute approximate surface area is 118 Å². The number of nitrogens with one attached hydrogen (secondary N) is 1. The molecular weight excluding hydrogens is 258 g/mol. The van der Waals surface area contributed by atoms with Gasteiger partial charge in [-0.1, -0.05) is 24.3 Å². The molecule has 0 fully saturated rings. The summed E-state index contributed by atoms with van der Waals surface area (Å²) in [4.78, 5) is 11.5. The summed E-state index contributed by atoms with van der Waals surface area (Å²) in [7, 11) is 0. The van der Waals surface area contributed by atoms with Crippen LogP contribution in [0.5, 0.6) is 0 Å². The van der Waals surface area contributed by atoms with E-state index in [-0.39, 0.29) is 11.8 Å². The summed E-state index contributed by atoms with van der Waals surface area (Å²) in [5, 5.41) is 2.95. The van der Waals surface area contributed by atoms with Crippen molar-refractivity contribution in [2.45, 2.75) is 26.2 Å². The zero-order valence-electron chi connectivity index (χ0n) is 10.9. The third kappa shape index (κ3) is 2.10. The Hall–Kier alpha value is -1.54. The van der Waals surface area contributed by atoms with E-state index in [0.717, 1.165) is 25.0 Å². The van der Waals surface area contributed by atoms with E-state index in [9.17, 15) is 4.79 Å². The van der Waals surface area contributed by atoms with Crippen LogP contribution in [0.1, 0.15) is 28.7 Å². The second kappa shape index (κ2) is 4.86. The molecule has 3 heteroatoms. The highest BCUT2D eigenvalue weighted by Crippen LogP contribution is 2.38. The van der Waals surface area contributed by atoms with Gasteiger partial charge in [0, 0.05) is 11.3 Å². The van der Waals surface area contributed by atoms with E-state index in [2.05, 4.69) is 36.5 Å². The van der Waals surface area contributed by atoms with Gasteiger partial charge in [-0.05, 0) is 48.4 Å². The van der Waals surface area contributed by atoms with Crippen LogP contribution in [0.3, 0.4) is 0 Å². The molecule has 0 unspecified atom stereocenters. The Kier molecular flexibility index (Phi) is 3.19. The second-order valence-electron chi connectivity index (χ2n) is 5.08. The highest BCUT2D eigenvalue weighted by Gasteiger charge is 2.24. The summed E-state index contributed by atoms with van der Waals surface area (Å²) in [6.45, 7) is 2.16. The minimum Gasteiger partial charge on any atom is -0.328 e. The molecule has 2 aliphatic carbocycles. The molecule has 2 aliphatic rings. The zero-order chi connectivity index (χ0) is 13.4. The Bertz CT molecular complexity index is 613. The standard InChI is InChI=1S/C16H16ClNO/c1-10-5-6-11-3-2-4-13-14(18-15(19)9-17)8-7-12(10)16(11)13/h2,4-6H,3,7-9H2,1H3,(H,18,19). The lowest BCUT2D eigenvalue weighted by Gasteiger charge is -2.28. The van der Waals surface area contributed by atoms with Gasteiger partial charge in [0.25, 0.3) is 0 Å². The maximum Gasteiger partial charge on any atom is 0.239 e. The number of carbonyl (C=O) groups excluding carboxylic acids is 1. The van der Waals surface area contributed by atoms with Crippen LogP contribution in [0, 0.1) is 6.92 Å². The predicted molar refractivity (Wildman–Crippen MR) is 78.1 cm³/mol. The lowest BCUT2D eigenvalue weighted by Crippen LogP contribution is -2.27. The molecular formula is C16H16ClNO. The topological polar surface area (TPSA) is 29.1 Å². The molecule has 19 heavy (non-hydrogen) atoms. The maximum atomic E-state index is 11.5. The molecule has 0 aromatic heterocycles. The van der Waals surface area contributed by atoms with Gasteiger partial charge in [-0.3, -0.25) is 4.79 Å². The smallest absolute Gasteiger partial charge is 0.239 e. The largest absolute Gasteiger partial charge is 0.328 e. The molecule has 0 atom stereocenters. The van der Waals surface area contributed by atoms with E-state index >= 15 is 0 Å². The minimum atomic E-state index is -0.124. The van der Waals surface area contributed by atoms with Crippen molar-refractivity contribution in [2.75, 3.05) is 5.88 Å². The molecule has 0 spiro atoms. The van der Waals surface area contributed by atoms with Crippen LogP contribution in [0.25, 0.3) is 5.57 Å². The molecule has 2 nitrogen and oxygen atoms in total. The van der Waals surface area contributed by atoms with Crippen LogP contribution >= 0.6 is 11.6 Å². The summed E-state index contributed by atoms with van der Waals surface area (Å²) in [5.41, 5.74) is 7.65. The normalized spacial score (nSPS) is 16.3. The van der Waals surface area contributed by atoms with Crippen LogP contribution in [-0.2, 0) is 17.6 Å². The van der Waals surface area contributed by atoms with E-state index in [1.165, 1.54) is 27.8 Å². The van der Waals surface area contributed by atoms with Gasteiger partial charge in [0.05, 0.1) is 0 Å². The molecule has 0 bridgehead atoms. The molecule has 0 radical (unpaired) electrons. The number of allylic oxidation sites excluding steroid dienone is 4. The van der Waals surface area contributed by atoms with Gasteiger partial charge in [0.15, 0.2) is 0 Å². The van der Waals surface area contributed by atoms with Crippen molar-refractivity contribution in [1.82, 2.24) is 5.32 Å². The Morgan fingerprint density at radius 1 is 1.37 bits per heavy atom. The fourth-order valence-electron chi connectivity index (χ4n) is 2.98. The highest BCUT2D eigenvalue weighted by atomic mass is 35.5. The first-order chi connectivity index (χ1) is 9.20. The first-order valence-corrected chi connectivity index (χ1v) is 7.11. The van der Waals surface area contributed by atoms with Crippen LogP contribution in [0.4, 0.5) is 0 Å². The van der Waals surface area contributed by atoms with Gasteiger partial charge in [-0.2, -0.15) is 0 Å². The molecule has 1 N–H and O–H groups in total. The predicted octanol–water partition coefficient (Wildman–Crippen LogP) is 3.12. The summed E-state index contributed by atoms with van der Waals surface area (Å²) in [6.07, 6.45) is 7.13. The van der Waals surface area contributed by atoms with Crippen LogP contribution in [-0.4, -0.2) is 11.8 Å². The van der Waals surface area contributed by atoms with Crippen LogP contribution in [0.2, 0.25) is 0 Å². The lowest BCUT2D eigenvalue weighted by atomic mass is 9.80. The minimum absolute atomic E-state index is 0.00796. The van der Waals surface area contributed by atoms with Gasteiger partial charge < -0.3 is 5.32 Å². The molecule has 0 saturated carbocycles. The van der Waals surface area contributed by atoms with Gasteiger partial charge in [-0.25, -0.2) is 0 Å². The summed E-state index contributed by atoms with van der Waals surface area (Å²) >= 11 is 5.58. The number of alkyl halides is 1. The zero-order valence-corrected chi connectivity index (χ0v) is 11.7. The van der Waals surface area contributed by atoms with Crippen molar-refractivity contribution in [3.8, 4) is 0 Å². The number of hydrogen-bond acceptors (Lipinski definition) is 1. The van der Waals surface area contributed by atoms with E-state index < -0.39 is 0 Å². The van der Waals surface area contributed by atoms with E-state index in [0.29, 0.717) is 0 Å². The molecule has 1 aromatic rings. The number of halogens is 1. The number of carbonyl (C=O) groups is 1. The number of rotatable bonds is 2. The first-order valence-electron chi connectivity index (χ1n) is 6.58. The number of amides is 1. The van der Waals surface area contributed by atoms with Crippen LogP contribution in [0.15, 0.2) is 30.0 Å². The van der Waals surface area contributed by atoms with Crippen molar-refractivity contribution in [2.24, 2.45) is 0 Å². The van der Waals surface area contributed by atoms with Crippen molar-refractivity contribution >= 4 is 23.1 Å². The Morgan fingerprint density at radius 3 is 3.00 bits per heavy atom. The third-order valence-corrected chi connectivity index (χ3v) is 4.13. The number of benzene rings is 1. The summed E-state index contributed by atoms with van der Waals surface area (Å²) in [5.74, 6) is -0.116. The first kappa shape index (κ1) is 12.5. The van der Waals surface area contributed by atoms with Crippen molar-refractivity contribution in [3.63, 3.8) is 0 Å². The van der Waals surface area contributed by atoms with E-state index in [4.69, 9.17) is 11.6 Å². The average molecular weight is 274 g/mol. The Morgan fingerprint density at radius 2 is 2.21 bits per heavy atom. The molecule has 0 aliphatic heterocycles. The third-order valence-electron chi connectivity index (χ3n) is 3.89. The molecule has 98 valence electrons. The van der Waals surface area contributed by atoms with Gasteiger partial charge in [0.2, 0.25) is 5.91 Å². The van der Waals surface area contributed by atoms with Crippen molar-refractivity contribution in [1.29, 1.82) is 0 Å². The Balaban J connectivity index is 2.13. The van der Waals surface area contributed by atoms with Crippen molar-refractivity contribution < 1.29 is 4.79 Å². The summed E-state index contributed by atoms with van der Waals surface area (Å²) < 4.78 is 0. The highest BCUT2D eigenvalue weighted by molar-refractivity contribution is 6.27. The molecule has 3 rings (SSSR count). The van der Waals surface area contributed by atoms with Gasteiger partial charge >= 0.3 is 0 Å². The summed E-state index contributed by atoms with van der Waals surface area (Å²) in [6, 6.07) is 4.40. The SMILES string of the molecule is Cc1ccc2c3c1CCC(NC(=O)CCl)=C3C=CC2. The maximum absolute atomic E-state index is 11.5. The quantitative estimate of drug-likeness (QED) is 0.824. The molecule has 0 heterocycles. The van der Waals surface area contributed by atoms with E-state index in [1.807, 2.05) is 0 Å². The molecule has 1 aromatic carbocycles. The fourth-order valence-corrected chi connectivity index (χ4v) is 3.05.